The highest BCUT2D eigenvalue weighted by molar-refractivity contribution is 9.10. The van der Waals surface area contributed by atoms with Gasteiger partial charge in [-0.15, -0.1) is 0 Å². The molecule has 0 fully saturated rings. The number of aromatic nitrogens is 2. The molecule has 0 saturated heterocycles. The monoisotopic (exact) mass is 516 g/mol. The molecule has 0 radical (unpaired) electrons. The molecule has 140 valence electrons. The Morgan fingerprint density at radius 1 is 0.714 bits per heavy atom. The van der Waals surface area contributed by atoms with E-state index in [1.165, 1.54) is 0 Å². The van der Waals surface area contributed by atoms with E-state index in [4.69, 9.17) is 0 Å². The predicted octanol–water partition coefficient (Wildman–Crippen LogP) is 6.03. The van der Waals surface area contributed by atoms with Gasteiger partial charge in [0.15, 0.2) is 22.6 Å². The SMILES string of the molecule is O=S(Nc1nc2ccccc2nc1Nc1ccc(Br)cc1)c1ccc(Br)cc1. The van der Waals surface area contributed by atoms with Crippen molar-refractivity contribution < 1.29 is 4.21 Å². The van der Waals surface area contributed by atoms with Crippen LogP contribution < -0.4 is 10.0 Å². The van der Waals surface area contributed by atoms with E-state index in [0.29, 0.717) is 16.5 Å². The molecule has 0 amide bonds. The van der Waals surface area contributed by atoms with Crippen LogP contribution in [0.4, 0.5) is 17.3 Å². The van der Waals surface area contributed by atoms with Gasteiger partial charge in [0.2, 0.25) is 0 Å². The van der Waals surface area contributed by atoms with Crippen LogP contribution in [0.15, 0.2) is 86.6 Å². The highest BCUT2D eigenvalue weighted by Gasteiger charge is 2.13. The van der Waals surface area contributed by atoms with Crippen molar-refractivity contribution in [3.05, 3.63) is 81.7 Å². The molecule has 0 aliphatic carbocycles. The fourth-order valence-electron chi connectivity index (χ4n) is 2.53. The van der Waals surface area contributed by atoms with Crippen LogP contribution in [0.1, 0.15) is 0 Å². The van der Waals surface area contributed by atoms with Crippen LogP contribution in [0, 0.1) is 0 Å². The van der Waals surface area contributed by atoms with Crippen LogP contribution in [-0.2, 0) is 11.0 Å². The summed E-state index contributed by atoms with van der Waals surface area (Å²) in [6.45, 7) is 0. The molecule has 0 bridgehead atoms. The first-order valence-electron chi connectivity index (χ1n) is 8.32. The first-order valence-corrected chi connectivity index (χ1v) is 11.1. The average molecular weight is 518 g/mol. The van der Waals surface area contributed by atoms with Crippen LogP contribution in [-0.4, -0.2) is 14.2 Å². The van der Waals surface area contributed by atoms with E-state index in [9.17, 15) is 4.21 Å². The van der Waals surface area contributed by atoms with Crippen LogP contribution in [0.3, 0.4) is 0 Å². The van der Waals surface area contributed by atoms with Gasteiger partial charge in [-0.2, -0.15) is 0 Å². The maximum Gasteiger partial charge on any atom is 0.182 e. The molecule has 1 aromatic heterocycles. The lowest BCUT2D eigenvalue weighted by atomic mass is 10.3. The summed E-state index contributed by atoms with van der Waals surface area (Å²) in [5.41, 5.74) is 2.33. The van der Waals surface area contributed by atoms with Gasteiger partial charge in [-0.25, -0.2) is 14.2 Å². The summed E-state index contributed by atoms with van der Waals surface area (Å²) in [5, 5.41) is 3.26. The van der Waals surface area contributed by atoms with Crippen molar-refractivity contribution in [1.29, 1.82) is 0 Å². The zero-order chi connectivity index (χ0) is 19.5. The van der Waals surface area contributed by atoms with E-state index in [1.807, 2.05) is 60.7 Å². The van der Waals surface area contributed by atoms with E-state index in [1.54, 1.807) is 12.1 Å². The molecule has 0 spiro atoms. The number of halogens is 2. The number of nitrogens with one attached hydrogen (secondary N) is 2. The molecule has 1 heterocycles. The second kappa shape index (κ2) is 8.38. The van der Waals surface area contributed by atoms with E-state index in [-0.39, 0.29) is 0 Å². The summed E-state index contributed by atoms with van der Waals surface area (Å²) in [6.07, 6.45) is 0. The third-order valence-corrected chi connectivity index (χ3v) is 6.03. The summed E-state index contributed by atoms with van der Waals surface area (Å²) in [6, 6.07) is 22.6. The van der Waals surface area contributed by atoms with E-state index >= 15 is 0 Å². The maximum atomic E-state index is 12.8. The number of anilines is 3. The van der Waals surface area contributed by atoms with Crippen molar-refractivity contribution in [2.75, 3.05) is 10.0 Å². The minimum atomic E-state index is -1.48. The molecule has 2 N–H and O–H groups in total. The Kier molecular flexibility index (Phi) is 5.70. The lowest BCUT2D eigenvalue weighted by Gasteiger charge is -2.13. The Hall–Kier alpha value is -2.29. The topological polar surface area (TPSA) is 66.9 Å². The van der Waals surface area contributed by atoms with Crippen molar-refractivity contribution in [1.82, 2.24) is 9.97 Å². The third-order valence-electron chi connectivity index (χ3n) is 3.89. The zero-order valence-corrected chi connectivity index (χ0v) is 18.4. The van der Waals surface area contributed by atoms with E-state index in [2.05, 4.69) is 51.9 Å². The quantitative estimate of drug-likeness (QED) is 0.339. The van der Waals surface area contributed by atoms with Crippen LogP contribution in [0.5, 0.6) is 0 Å². The van der Waals surface area contributed by atoms with Gasteiger partial charge in [0.05, 0.1) is 15.9 Å². The van der Waals surface area contributed by atoms with E-state index in [0.717, 1.165) is 25.7 Å². The summed E-state index contributed by atoms with van der Waals surface area (Å²) < 4.78 is 17.7. The minimum absolute atomic E-state index is 0.419. The molecular formula is C20H14Br2N4OS. The number of fused-ring (bicyclic) bond motifs is 1. The molecule has 1 unspecified atom stereocenters. The summed E-state index contributed by atoms with van der Waals surface area (Å²) >= 11 is 6.82. The normalized spacial score (nSPS) is 11.9. The largest absolute Gasteiger partial charge is 0.337 e. The Labute approximate surface area is 181 Å². The fraction of sp³-hybridized carbons (Fsp3) is 0. The van der Waals surface area contributed by atoms with Crippen LogP contribution >= 0.6 is 31.9 Å². The number of para-hydroxylation sites is 2. The van der Waals surface area contributed by atoms with Gasteiger partial charge < -0.3 is 5.32 Å². The lowest BCUT2D eigenvalue weighted by Crippen LogP contribution is -2.10. The molecule has 28 heavy (non-hydrogen) atoms. The minimum Gasteiger partial charge on any atom is -0.337 e. The molecule has 5 nitrogen and oxygen atoms in total. The summed E-state index contributed by atoms with van der Waals surface area (Å²) in [4.78, 5) is 9.93. The van der Waals surface area contributed by atoms with Crippen molar-refractivity contribution >= 4 is 71.2 Å². The Bertz CT molecular complexity index is 1150. The van der Waals surface area contributed by atoms with Gasteiger partial charge in [0, 0.05) is 14.6 Å². The number of benzene rings is 3. The van der Waals surface area contributed by atoms with Gasteiger partial charge in [0.25, 0.3) is 0 Å². The molecule has 0 aliphatic rings. The standard InChI is InChI=1S/C20H14Br2N4OS/c21-13-5-9-15(10-6-13)23-19-20(25-18-4-2-1-3-17(18)24-19)26-28(27)16-11-7-14(22)8-12-16/h1-12H,(H,23,24)(H,25,26). The van der Waals surface area contributed by atoms with Gasteiger partial charge in [-0.3, -0.25) is 4.72 Å². The molecule has 4 rings (SSSR count). The first-order chi connectivity index (χ1) is 13.6. The molecule has 3 aromatic carbocycles. The molecule has 8 heteroatoms. The predicted molar refractivity (Wildman–Crippen MR) is 121 cm³/mol. The van der Waals surface area contributed by atoms with Crippen molar-refractivity contribution in [3.63, 3.8) is 0 Å². The Balaban J connectivity index is 1.71. The Morgan fingerprint density at radius 2 is 1.25 bits per heavy atom. The molecule has 1 atom stereocenters. The molecule has 0 aliphatic heterocycles. The first kappa shape index (κ1) is 19.0. The van der Waals surface area contributed by atoms with Crippen molar-refractivity contribution in [2.24, 2.45) is 0 Å². The number of nitrogens with zero attached hydrogens (tertiary/aromatic N) is 2. The summed E-state index contributed by atoms with van der Waals surface area (Å²) in [7, 11) is -1.48. The maximum absolute atomic E-state index is 12.8. The van der Waals surface area contributed by atoms with Crippen molar-refractivity contribution in [2.45, 2.75) is 4.90 Å². The number of rotatable bonds is 5. The second-order valence-electron chi connectivity index (χ2n) is 5.87. The third kappa shape index (κ3) is 4.40. The van der Waals surface area contributed by atoms with E-state index < -0.39 is 11.0 Å². The lowest BCUT2D eigenvalue weighted by molar-refractivity contribution is 0.686. The van der Waals surface area contributed by atoms with Crippen LogP contribution in [0.2, 0.25) is 0 Å². The molecule has 0 saturated carbocycles. The zero-order valence-electron chi connectivity index (χ0n) is 14.4. The second-order valence-corrected chi connectivity index (χ2v) is 8.91. The average Bonchev–Trinajstić information content (AvgIpc) is 2.70. The van der Waals surface area contributed by atoms with Gasteiger partial charge in [0.1, 0.15) is 0 Å². The smallest absolute Gasteiger partial charge is 0.182 e. The van der Waals surface area contributed by atoms with Gasteiger partial charge in [-0.1, -0.05) is 44.0 Å². The molecular weight excluding hydrogens is 504 g/mol. The van der Waals surface area contributed by atoms with Crippen LogP contribution in [0.25, 0.3) is 11.0 Å². The summed E-state index contributed by atoms with van der Waals surface area (Å²) in [5.74, 6) is 0.925. The fourth-order valence-corrected chi connectivity index (χ4v) is 3.88. The highest BCUT2D eigenvalue weighted by atomic mass is 79.9. The number of hydrogen-bond acceptors (Lipinski definition) is 4. The molecule has 4 aromatic rings. The van der Waals surface area contributed by atoms with Crippen molar-refractivity contribution in [3.8, 4) is 0 Å². The Morgan fingerprint density at radius 3 is 1.86 bits per heavy atom. The van der Waals surface area contributed by atoms with Gasteiger partial charge in [-0.05, 0) is 60.7 Å². The van der Waals surface area contributed by atoms with Gasteiger partial charge >= 0.3 is 0 Å². The highest BCUT2D eigenvalue weighted by Crippen LogP contribution is 2.27. The number of hydrogen-bond donors (Lipinski definition) is 2.